The molecule has 0 radical (unpaired) electrons. The summed E-state index contributed by atoms with van der Waals surface area (Å²) in [6.07, 6.45) is 2.78. The maximum atomic E-state index is 11.9. The number of aliphatic imine (C=N–C) groups is 1. The summed E-state index contributed by atoms with van der Waals surface area (Å²) in [4.78, 5) is 18.1. The van der Waals surface area contributed by atoms with Crippen LogP contribution in [0.4, 0.5) is 5.69 Å². The van der Waals surface area contributed by atoms with Gasteiger partial charge in [0.25, 0.3) is 0 Å². The highest BCUT2D eigenvalue weighted by molar-refractivity contribution is 5.95. The molecule has 30 heavy (non-hydrogen) atoms. The predicted molar refractivity (Wildman–Crippen MR) is 119 cm³/mol. The van der Waals surface area contributed by atoms with Gasteiger partial charge in [-0.2, -0.15) is 0 Å². The summed E-state index contributed by atoms with van der Waals surface area (Å²) in [5, 5.41) is 6.83. The Hall–Kier alpha value is -2.86. The fourth-order valence-electron chi connectivity index (χ4n) is 4.20. The Kier molecular flexibility index (Phi) is 6.64. The molecule has 1 amide bonds. The van der Waals surface area contributed by atoms with Gasteiger partial charge in [-0.05, 0) is 36.1 Å². The van der Waals surface area contributed by atoms with Crippen LogP contribution in [0.5, 0.6) is 0 Å². The number of ether oxygens (including phenoxy) is 1. The van der Waals surface area contributed by atoms with Crippen molar-refractivity contribution < 1.29 is 9.53 Å². The molecule has 2 aliphatic rings. The van der Waals surface area contributed by atoms with E-state index in [2.05, 4.69) is 52.0 Å². The van der Waals surface area contributed by atoms with Crippen LogP contribution in [-0.2, 0) is 16.1 Å². The summed E-state index contributed by atoms with van der Waals surface area (Å²) in [6.45, 7) is 3.11. The van der Waals surface area contributed by atoms with Crippen LogP contribution < -0.4 is 15.5 Å². The van der Waals surface area contributed by atoms with Gasteiger partial charge in [0, 0.05) is 51.3 Å². The Morgan fingerprint density at radius 2 is 1.93 bits per heavy atom. The summed E-state index contributed by atoms with van der Waals surface area (Å²) in [5.74, 6) is 1.42. The zero-order valence-corrected chi connectivity index (χ0v) is 17.5. The average molecular weight is 407 g/mol. The van der Waals surface area contributed by atoms with E-state index in [0.717, 1.165) is 49.7 Å². The van der Waals surface area contributed by atoms with Crippen LogP contribution in [0.3, 0.4) is 0 Å². The monoisotopic (exact) mass is 406 g/mol. The van der Waals surface area contributed by atoms with E-state index in [-0.39, 0.29) is 12.0 Å². The quantitative estimate of drug-likeness (QED) is 0.571. The third kappa shape index (κ3) is 4.82. The lowest BCUT2D eigenvalue weighted by Gasteiger charge is -2.21. The summed E-state index contributed by atoms with van der Waals surface area (Å²) < 4.78 is 5.98. The summed E-state index contributed by atoms with van der Waals surface area (Å²) in [7, 11) is 1.79. The number of anilines is 1. The Morgan fingerprint density at radius 3 is 2.63 bits per heavy atom. The molecule has 2 unspecified atom stereocenters. The van der Waals surface area contributed by atoms with Crippen molar-refractivity contribution in [2.75, 3.05) is 31.6 Å². The lowest BCUT2D eigenvalue weighted by atomic mass is 9.95. The van der Waals surface area contributed by atoms with Crippen LogP contribution in [-0.4, -0.2) is 38.6 Å². The number of carbonyl (C=O) groups excluding carboxylic acids is 1. The van der Waals surface area contributed by atoms with Crippen molar-refractivity contribution in [3.05, 3.63) is 65.7 Å². The highest BCUT2D eigenvalue weighted by Gasteiger charge is 2.29. The van der Waals surface area contributed by atoms with Crippen molar-refractivity contribution in [2.24, 2.45) is 10.9 Å². The van der Waals surface area contributed by atoms with Crippen LogP contribution >= 0.6 is 0 Å². The largest absolute Gasteiger partial charge is 0.373 e. The fraction of sp³-hybridized carbons (Fsp3) is 0.417. The standard InChI is InChI=1S/C24H30N4O2/c1-25-24(27-17-20-13-15-30-23(20)19-6-3-2-4-7-19)26-16-18-9-11-21(12-10-18)28-14-5-8-22(28)29/h2-4,6-7,9-12,20,23H,5,8,13-17H2,1H3,(H2,25,26,27). The molecule has 158 valence electrons. The Morgan fingerprint density at radius 1 is 1.13 bits per heavy atom. The van der Waals surface area contributed by atoms with Crippen LogP contribution in [0.1, 0.15) is 36.5 Å². The molecule has 6 nitrogen and oxygen atoms in total. The van der Waals surface area contributed by atoms with E-state index in [0.29, 0.717) is 18.9 Å². The normalized spacial score (nSPS) is 21.8. The molecule has 2 atom stereocenters. The molecule has 2 saturated heterocycles. The molecule has 0 aromatic heterocycles. The van der Waals surface area contributed by atoms with Crippen molar-refractivity contribution >= 4 is 17.6 Å². The number of rotatable bonds is 6. The number of nitrogens with one attached hydrogen (secondary N) is 2. The van der Waals surface area contributed by atoms with Crippen molar-refractivity contribution in [2.45, 2.75) is 31.9 Å². The van der Waals surface area contributed by atoms with E-state index in [1.54, 1.807) is 7.05 Å². The third-order valence-electron chi connectivity index (χ3n) is 5.88. The summed E-state index contributed by atoms with van der Waals surface area (Å²) in [5.41, 5.74) is 3.37. The van der Waals surface area contributed by atoms with E-state index in [1.807, 2.05) is 23.1 Å². The molecule has 0 bridgehead atoms. The fourth-order valence-corrected chi connectivity index (χ4v) is 4.20. The lowest BCUT2D eigenvalue weighted by molar-refractivity contribution is -0.117. The minimum absolute atomic E-state index is 0.137. The van der Waals surface area contributed by atoms with Crippen LogP contribution in [0.25, 0.3) is 0 Å². The van der Waals surface area contributed by atoms with Gasteiger partial charge >= 0.3 is 0 Å². The zero-order valence-electron chi connectivity index (χ0n) is 17.5. The van der Waals surface area contributed by atoms with Crippen LogP contribution in [0, 0.1) is 5.92 Å². The SMILES string of the molecule is CN=C(NCc1ccc(N2CCCC2=O)cc1)NCC1CCOC1c1ccccc1. The topological polar surface area (TPSA) is 66.0 Å². The molecule has 6 heteroatoms. The molecular formula is C24H30N4O2. The van der Waals surface area contributed by atoms with Crippen molar-refractivity contribution in [1.29, 1.82) is 0 Å². The predicted octanol–water partition coefficient (Wildman–Crippen LogP) is 3.26. The van der Waals surface area contributed by atoms with E-state index in [1.165, 1.54) is 5.56 Å². The smallest absolute Gasteiger partial charge is 0.227 e. The number of hydrogen-bond acceptors (Lipinski definition) is 3. The molecule has 2 aliphatic heterocycles. The number of amides is 1. The molecule has 2 fully saturated rings. The Labute approximate surface area is 178 Å². The van der Waals surface area contributed by atoms with Gasteiger partial charge in [0.1, 0.15) is 0 Å². The maximum Gasteiger partial charge on any atom is 0.227 e. The maximum absolute atomic E-state index is 11.9. The van der Waals surface area contributed by atoms with E-state index < -0.39 is 0 Å². The number of benzene rings is 2. The summed E-state index contributed by atoms with van der Waals surface area (Å²) >= 11 is 0. The van der Waals surface area contributed by atoms with E-state index in [9.17, 15) is 4.79 Å². The van der Waals surface area contributed by atoms with Crippen molar-refractivity contribution in [3.63, 3.8) is 0 Å². The second-order valence-electron chi connectivity index (χ2n) is 7.87. The Balaban J connectivity index is 1.27. The molecule has 0 saturated carbocycles. The minimum atomic E-state index is 0.137. The third-order valence-corrected chi connectivity index (χ3v) is 5.88. The minimum Gasteiger partial charge on any atom is -0.373 e. The van der Waals surface area contributed by atoms with Gasteiger partial charge in [-0.15, -0.1) is 0 Å². The second-order valence-corrected chi connectivity index (χ2v) is 7.87. The van der Waals surface area contributed by atoms with Crippen molar-refractivity contribution in [1.82, 2.24) is 10.6 Å². The molecule has 4 rings (SSSR count). The molecule has 0 spiro atoms. The second kappa shape index (κ2) is 9.76. The van der Waals surface area contributed by atoms with Crippen molar-refractivity contribution in [3.8, 4) is 0 Å². The molecule has 2 N–H and O–H groups in total. The number of guanidine groups is 1. The molecule has 2 aromatic rings. The lowest BCUT2D eigenvalue weighted by Crippen LogP contribution is -2.39. The number of hydrogen-bond donors (Lipinski definition) is 2. The average Bonchev–Trinajstić information content (AvgIpc) is 3.44. The van der Waals surface area contributed by atoms with Gasteiger partial charge in [0.05, 0.1) is 6.10 Å². The number of carbonyl (C=O) groups is 1. The molecule has 2 heterocycles. The van der Waals surface area contributed by atoms with Gasteiger partial charge in [-0.25, -0.2) is 0 Å². The van der Waals surface area contributed by atoms with Gasteiger partial charge < -0.3 is 20.3 Å². The van der Waals surface area contributed by atoms with Crippen LogP contribution in [0.2, 0.25) is 0 Å². The van der Waals surface area contributed by atoms with E-state index >= 15 is 0 Å². The van der Waals surface area contributed by atoms with E-state index in [4.69, 9.17) is 4.74 Å². The van der Waals surface area contributed by atoms with Gasteiger partial charge in [-0.3, -0.25) is 9.79 Å². The molecular weight excluding hydrogens is 376 g/mol. The highest BCUT2D eigenvalue weighted by atomic mass is 16.5. The number of nitrogens with zero attached hydrogens (tertiary/aromatic N) is 2. The molecule has 0 aliphatic carbocycles. The zero-order chi connectivity index (χ0) is 20.8. The highest BCUT2D eigenvalue weighted by Crippen LogP contribution is 2.33. The van der Waals surface area contributed by atoms with Gasteiger partial charge in [0.15, 0.2) is 5.96 Å². The Bertz CT molecular complexity index is 867. The molecule has 2 aromatic carbocycles. The van der Waals surface area contributed by atoms with Crippen LogP contribution in [0.15, 0.2) is 59.6 Å². The van der Waals surface area contributed by atoms with Gasteiger partial charge in [0.2, 0.25) is 5.91 Å². The first-order valence-corrected chi connectivity index (χ1v) is 10.7. The first-order valence-electron chi connectivity index (χ1n) is 10.7. The first-order chi connectivity index (χ1) is 14.7. The first kappa shape index (κ1) is 20.4. The van der Waals surface area contributed by atoms with Gasteiger partial charge in [-0.1, -0.05) is 42.5 Å². The summed E-state index contributed by atoms with van der Waals surface area (Å²) in [6, 6.07) is 18.6.